The summed E-state index contributed by atoms with van der Waals surface area (Å²) >= 11 is 0. The van der Waals surface area contributed by atoms with Crippen molar-refractivity contribution in [3.63, 3.8) is 0 Å². The topological polar surface area (TPSA) is 40.5 Å². The summed E-state index contributed by atoms with van der Waals surface area (Å²) in [6.07, 6.45) is 14.6. The Morgan fingerprint density at radius 1 is 0.606 bits per heavy atom. The van der Waals surface area contributed by atoms with Gasteiger partial charge in [0, 0.05) is 17.5 Å². The lowest BCUT2D eigenvalue weighted by Gasteiger charge is -2.36. The van der Waals surface area contributed by atoms with E-state index in [1.165, 1.54) is 49.7 Å². The number of rotatable bonds is 6. The molecule has 2 aliphatic carbocycles. The van der Waals surface area contributed by atoms with Crippen molar-refractivity contribution < 1.29 is 10.2 Å². The van der Waals surface area contributed by atoms with E-state index in [0.29, 0.717) is 17.9 Å². The van der Waals surface area contributed by atoms with Crippen LogP contribution in [0.1, 0.15) is 125 Å². The Morgan fingerprint density at radius 2 is 0.970 bits per heavy atom. The summed E-state index contributed by atoms with van der Waals surface area (Å²) in [6, 6.07) is 8.85. The van der Waals surface area contributed by atoms with Gasteiger partial charge in [-0.3, -0.25) is 0 Å². The highest BCUT2D eigenvalue weighted by Crippen LogP contribution is 2.47. The molecule has 2 aromatic carbocycles. The second kappa shape index (κ2) is 9.72. The fourth-order valence-electron chi connectivity index (χ4n) is 6.53. The van der Waals surface area contributed by atoms with Gasteiger partial charge < -0.3 is 10.2 Å². The van der Waals surface area contributed by atoms with Crippen LogP contribution in [0.2, 0.25) is 0 Å². The molecule has 0 radical (unpaired) electrons. The zero-order valence-corrected chi connectivity index (χ0v) is 21.4. The maximum atomic E-state index is 11.5. The smallest absolute Gasteiger partial charge is 0.122 e. The van der Waals surface area contributed by atoms with E-state index in [2.05, 4.69) is 52.0 Å². The Kier molecular flexibility index (Phi) is 7.12. The molecule has 0 heterocycles. The molecule has 2 fully saturated rings. The normalized spacial score (nSPS) is 20.0. The van der Waals surface area contributed by atoms with Crippen LogP contribution in [-0.4, -0.2) is 10.2 Å². The predicted octanol–water partition coefficient (Wildman–Crippen LogP) is 8.26. The minimum atomic E-state index is 0.0519. The van der Waals surface area contributed by atoms with Crippen LogP contribution in [-0.2, 0) is 30.1 Å². The monoisotopic (exact) mass is 448 g/mol. The predicted molar refractivity (Wildman–Crippen MR) is 139 cm³/mol. The summed E-state index contributed by atoms with van der Waals surface area (Å²) in [5, 5.41) is 23.0. The molecule has 0 unspecified atom stereocenters. The number of benzene rings is 2. The van der Waals surface area contributed by atoms with E-state index in [1.54, 1.807) is 0 Å². The maximum Gasteiger partial charge on any atom is 0.122 e. The first-order chi connectivity index (χ1) is 15.8. The van der Waals surface area contributed by atoms with E-state index < -0.39 is 0 Å². The second-order valence-electron chi connectivity index (χ2n) is 11.4. The molecule has 2 saturated carbocycles. The van der Waals surface area contributed by atoms with Crippen LogP contribution in [0.5, 0.6) is 11.5 Å². The van der Waals surface area contributed by atoms with Gasteiger partial charge in [-0.05, 0) is 71.6 Å². The number of hydrogen-bond acceptors (Lipinski definition) is 2. The highest BCUT2D eigenvalue weighted by atomic mass is 16.3. The van der Waals surface area contributed by atoms with Crippen LogP contribution in [0.25, 0.3) is 0 Å². The van der Waals surface area contributed by atoms with Gasteiger partial charge in [0.2, 0.25) is 0 Å². The average Bonchev–Trinajstić information content (AvgIpc) is 2.82. The lowest BCUT2D eigenvalue weighted by molar-refractivity contribution is 0.306. The van der Waals surface area contributed by atoms with Crippen LogP contribution in [0.4, 0.5) is 0 Å². The number of aryl methyl sites for hydroxylation is 2. The van der Waals surface area contributed by atoms with Gasteiger partial charge in [-0.1, -0.05) is 90.5 Å². The van der Waals surface area contributed by atoms with Crippen molar-refractivity contribution in [1.82, 2.24) is 0 Å². The average molecular weight is 449 g/mol. The summed E-state index contributed by atoms with van der Waals surface area (Å²) in [7, 11) is 0. The number of aromatic hydroxyl groups is 2. The van der Waals surface area contributed by atoms with E-state index >= 15 is 0 Å². The molecule has 2 nitrogen and oxygen atoms in total. The Hall–Kier alpha value is -1.96. The van der Waals surface area contributed by atoms with Gasteiger partial charge in [-0.15, -0.1) is 0 Å². The largest absolute Gasteiger partial charge is 0.507 e. The minimum absolute atomic E-state index is 0.0519. The first-order valence-electron chi connectivity index (χ1n) is 13.5. The Labute approximate surface area is 201 Å². The second-order valence-corrected chi connectivity index (χ2v) is 11.4. The summed E-state index contributed by atoms with van der Waals surface area (Å²) in [4.78, 5) is 0. The number of hydrogen-bond donors (Lipinski definition) is 2. The third-order valence-corrected chi connectivity index (χ3v) is 8.91. The van der Waals surface area contributed by atoms with Crippen molar-refractivity contribution >= 4 is 0 Å². The molecular weight excluding hydrogens is 404 g/mol. The molecule has 180 valence electrons. The van der Waals surface area contributed by atoms with E-state index in [0.717, 1.165) is 60.8 Å². The lowest BCUT2D eigenvalue weighted by Crippen LogP contribution is -2.26. The molecule has 0 aliphatic heterocycles. The molecule has 2 aliphatic rings. The van der Waals surface area contributed by atoms with Crippen LogP contribution < -0.4 is 0 Å². The maximum absolute atomic E-state index is 11.5. The molecule has 0 bridgehead atoms. The molecule has 33 heavy (non-hydrogen) atoms. The molecule has 2 aromatic rings. The van der Waals surface area contributed by atoms with Crippen LogP contribution >= 0.6 is 0 Å². The third kappa shape index (κ3) is 4.81. The van der Waals surface area contributed by atoms with Gasteiger partial charge in [-0.25, -0.2) is 0 Å². The zero-order valence-electron chi connectivity index (χ0n) is 21.4. The van der Waals surface area contributed by atoms with Crippen LogP contribution in [0, 0.1) is 0 Å². The highest BCUT2D eigenvalue weighted by molar-refractivity contribution is 5.54. The van der Waals surface area contributed by atoms with Gasteiger partial charge in [-0.2, -0.15) is 0 Å². The van der Waals surface area contributed by atoms with Crippen molar-refractivity contribution in [2.24, 2.45) is 0 Å². The molecule has 0 aromatic heterocycles. The van der Waals surface area contributed by atoms with Gasteiger partial charge in [0.1, 0.15) is 11.5 Å². The SMILES string of the molecule is CCc1cc(Cc2cc(CC)cc(C3(C)CCCCC3)c2O)c(O)c(C2(C)CCCCC2)c1. The van der Waals surface area contributed by atoms with Gasteiger partial charge >= 0.3 is 0 Å². The van der Waals surface area contributed by atoms with Crippen molar-refractivity contribution in [2.45, 2.75) is 122 Å². The van der Waals surface area contributed by atoms with Gasteiger partial charge in [0.15, 0.2) is 0 Å². The molecule has 2 N–H and O–H groups in total. The Bertz CT molecular complexity index is 895. The summed E-state index contributed by atoms with van der Waals surface area (Å²) in [6.45, 7) is 9.06. The molecular formula is C31H44O2. The summed E-state index contributed by atoms with van der Waals surface area (Å²) in [5.41, 5.74) is 6.88. The standard InChI is InChI=1S/C31H44O2/c1-5-22-17-24(28(32)26(19-22)30(3)13-9-7-10-14-30)21-25-18-23(6-2)20-27(29(25)33)31(4)15-11-8-12-16-31/h17-20,32-33H,5-16,21H2,1-4H3. The van der Waals surface area contributed by atoms with Crippen molar-refractivity contribution in [3.05, 3.63) is 57.6 Å². The molecule has 0 atom stereocenters. The molecule has 0 saturated heterocycles. The molecule has 2 heteroatoms. The zero-order chi connectivity index (χ0) is 23.6. The van der Waals surface area contributed by atoms with Gasteiger partial charge in [0.05, 0.1) is 0 Å². The number of phenolic OH excluding ortho intramolecular Hbond substituents is 2. The van der Waals surface area contributed by atoms with Crippen molar-refractivity contribution in [2.75, 3.05) is 0 Å². The summed E-state index contributed by atoms with van der Waals surface area (Å²) in [5.74, 6) is 0.923. The molecule has 0 spiro atoms. The van der Waals surface area contributed by atoms with Crippen molar-refractivity contribution in [1.29, 1.82) is 0 Å². The Morgan fingerprint density at radius 3 is 1.30 bits per heavy atom. The van der Waals surface area contributed by atoms with E-state index in [4.69, 9.17) is 0 Å². The molecule has 0 amide bonds. The fourth-order valence-corrected chi connectivity index (χ4v) is 6.53. The van der Waals surface area contributed by atoms with Gasteiger partial charge in [0.25, 0.3) is 0 Å². The van der Waals surface area contributed by atoms with Crippen molar-refractivity contribution in [3.8, 4) is 11.5 Å². The van der Waals surface area contributed by atoms with E-state index in [-0.39, 0.29) is 10.8 Å². The first-order valence-corrected chi connectivity index (χ1v) is 13.5. The lowest BCUT2D eigenvalue weighted by atomic mass is 9.69. The number of phenols is 2. The Balaban J connectivity index is 1.77. The van der Waals surface area contributed by atoms with Crippen LogP contribution in [0.15, 0.2) is 24.3 Å². The highest BCUT2D eigenvalue weighted by Gasteiger charge is 2.34. The quantitative estimate of drug-likeness (QED) is 0.467. The van der Waals surface area contributed by atoms with E-state index in [1.807, 2.05) is 0 Å². The summed E-state index contributed by atoms with van der Waals surface area (Å²) < 4.78 is 0. The fraction of sp³-hybridized carbons (Fsp3) is 0.613. The third-order valence-electron chi connectivity index (χ3n) is 8.91. The minimum Gasteiger partial charge on any atom is -0.507 e. The van der Waals surface area contributed by atoms with Crippen LogP contribution in [0.3, 0.4) is 0 Å². The molecule has 4 rings (SSSR count). The van der Waals surface area contributed by atoms with E-state index in [9.17, 15) is 10.2 Å². The first kappa shape index (κ1) is 24.2.